The van der Waals surface area contributed by atoms with Crippen LogP contribution in [-0.4, -0.2) is 10.1 Å². The highest BCUT2D eigenvalue weighted by Gasteiger charge is 2.42. The van der Waals surface area contributed by atoms with Gasteiger partial charge in [0.1, 0.15) is 0 Å². The van der Waals surface area contributed by atoms with Gasteiger partial charge in [-0.25, -0.2) is 0 Å². The molecular formula is C15H20N2O. The number of aromatic nitrogens is 1. The number of hydrogen-bond acceptors (Lipinski definition) is 3. The molecule has 1 atom stereocenters. The topological polar surface area (TPSA) is 56.9 Å². The molecule has 0 radical (unpaired) electrons. The van der Waals surface area contributed by atoms with Crippen molar-refractivity contribution in [3.8, 4) is 6.07 Å². The predicted octanol–water partition coefficient (Wildman–Crippen LogP) is 3.14. The van der Waals surface area contributed by atoms with Gasteiger partial charge in [-0.1, -0.05) is 6.92 Å². The van der Waals surface area contributed by atoms with Crippen molar-refractivity contribution in [3.05, 3.63) is 29.6 Å². The first-order valence-corrected chi connectivity index (χ1v) is 6.59. The van der Waals surface area contributed by atoms with Gasteiger partial charge < -0.3 is 5.11 Å². The molecular weight excluding hydrogens is 224 g/mol. The summed E-state index contributed by atoms with van der Waals surface area (Å²) in [5, 5.41) is 20.1. The van der Waals surface area contributed by atoms with E-state index in [-0.39, 0.29) is 0 Å². The zero-order valence-electron chi connectivity index (χ0n) is 11.1. The summed E-state index contributed by atoms with van der Waals surface area (Å²) in [5.41, 5.74) is 1.18. The molecule has 0 bridgehead atoms. The van der Waals surface area contributed by atoms with Gasteiger partial charge in [0.25, 0.3) is 0 Å². The van der Waals surface area contributed by atoms with Crippen LogP contribution in [0, 0.1) is 29.6 Å². The average molecular weight is 244 g/mol. The van der Waals surface area contributed by atoms with Gasteiger partial charge in [-0.15, -0.1) is 0 Å². The highest BCUT2D eigenvalue weighted by molar-refractivity contribution is 5.28. The van der Waals surface area contributed by atoms with Crippen LogP contribution in [0.2, 0.25) is 0 Å². The molecule has 0 spiro atoms. The molecule has 1 aliphatic carbocycles. The molecule has 3 heteroatoms. The fraction of sp³-hybridized carbons (Fsp3) is 0.600. The van der Waals surface area contributed by atoms with Crippen LogP contribution < -0.4 is 0 Å². The number of aliphatic hydroxyl groups excluding tert-OH is 1. The Morgan fingerprint density at radius 2 is 2.17 bits per heavy atom. The fourth-order valence-corrected chi connectivity index (χ4v) is 2.78. The largest absolute Gasteiger partial charge is 0.387 e. The van der Waals surface area contributed by atoms with Crippen molar-refractivity contribution in [2.24, 2.45) is 11.3 Å². The van der Waals surface area contributed by atoms with Gasteiger partial charge in [0.15, 0.2) is 0 Å². The van der Waals surface area contributed by atoms with Crippen molar-refractivity contribution >= 4 is 0 Å². The van der Waals surface area contributed by atoms with Crippen molar-refractivity contribution in [1.82, 2.24) is 4.98 Å². The van der Waals surface area contributed by atoms with Gasteiger partial charge in [0, 0.05) is 18.0 Å². The summed E-state index contributed by atoms with van der Waals surface area (Å²) in [4.78, 5) is 4.07. The second-order valence-electron chi connectivity index (χ2n) is 5.59. The lowest BCUT2D eigenvalue weighted by Crippen LogP contribution is -2.32. The summed E-state index contributed by atoms with van der Waals surface area (Å²) >= 11 is 0. The Balaban J connectivity index is 2.29. The number of pyridine rings is 1. The third kappa shape index (κ3) is 2.26. The van der Waals surface area contributed by atoms with Crippen LogP contribution in [0.25, 0.3) is 0 Å². The lowest BCUT2D eigenvalue weighted by atomic mass is 9.67. The summed E-state index contributed by atoms with van der Waals surface area (Å²) < 4.78 is 0. The van der Waals surface area contributed by atoms with Gasteiger partial charge in [-0.3, -0.25) is 4.98 Å². The molecule has 1 aromatic heterocycles. The molecule has 0 aromatic carbocycles. The quantitative estimate of drug-likeness (QED) is 0.869. The normalized spacial score (nSPS) is 29.6. The van der Waals surface area contributed by atoms with Crippen LogP contribution in [-0.2, 0) is 0 Å². The number of rotatable bonds is 2. The number of aliphatic hydroxyl groups is 1. The van der Waals surface area contributed by atoms with E-state index in [9.17, 15) is 10.4 Å². The highest BCUT2D eigenvalue weighted by Crippen LogP contribution is 2.47. The molecule has 1 heterocycles. The van der Waals surface area contributed by atoms with Crippen LogP contribution in [0.15, 0.2) is 18.5 Å². The summed E-state index contributed by atoms with van der Waals surface area (Å²) in [6, 6.07) is 4.27. The summed E-state index contributed by atoms with van der Waals surface area (Å²) in [7, 11) is 0. The van der Waals surface area contributed by atoms with Crippen LogP contribution in [0.1, 0.15) is 49.8 Å². The van der Waals surface area contributed by atoms with Gasteiger partial charge in [-0.05, 0) is 50.2 Å². The lowest BCUT2D eigenvalue weighted by Gasteiger charge is -2.37. The Morgan fingerprint density at radius 1 is 1.50 bits per heavy atom. The predicted molar refractivity (Wildman–Crippen MR) is 69.6 cm³/mol. The second kappa shape index (κ2) is 5.07. The molecule has 1 unspecified atom stereocenters. The van der Waals surface area contributed by atoms with E-state index in [1.54, 1.807) is 12.4 Å². The molecule has 0 amide bonds. The molecule has 96 valence electrons. The zero-order valence-corrected chi connectivity index (χ0v) is 11.1. The smallest absolute Gasteiger partial charge is 0.0993 e. The summed E-state index contributed by atoms with van der Waals surface area (Å²) in [5.74, 6) is 0.661. The molecule has 18 heavy (non-hydrogen) atoms. The molecule has 1 N–H and O–H groups in total. The minimum Gasteiger partial charge on any atom is -0.387 e. The Labute approximate surface area is 108 Å². The van der Waals surface area contributed by atoms with Gasteiger partial charge in [0.05, 0.1) is 17.6 Å². The lowest BCUT2D eigenvalue weighted by molar-refractivity contribution is 0.0260. The van der Waals surface area contributed by atoms with Crippen molar-refractivity contribution in [2.45, 2.75) is 45.6 Å². The SMILES string of the molecule is Cc1ccncc1C(O)C1(C#N)CCC(C)CC1. The zero-order chi connectivity index (χ0) is 13.2. The van der Waals surface area contributed by atoms with Crippen molar-refractivity contribution < 1.29 is 5.11 Å². The van der Waals surface area contributed by atoms with E-state index in [2.05, 4.69) is 18.0 Å². The minimum atomic E-state index is -0.719. The molecule has 1 aliphatic rings. The molecule has 0 aliphatic heterocycles. The first-order chi connectivity index (χ1) is 8.59. The van der Waals surface area contributed by atoms with Crippen LogP contribution >= 0.6 is 0 Å². The van der Waals surface area contributed by atoms with Crippen LogP contribution in [0.4, 0.5) is 0 Å². The van der Waals surface area contributed by atoms with Crippen LogP contribution in [0.3, 0.4) is 0 Å². The van der Waals surface area contributed by atoms with E-state index in [1.165, 1.54) is 0 Å². The molecule has 1 saturated carbocycles. The maximum atomic E-state index is 10.6. The maximum absolute atomic E-state index is 10.6. The van der Waals surface area contributed by atoms with Crippen molar-refractivity contribution in [3.63, 3.8) is 0 Å². The van der Waals surface area contributed by atoms with E-state index in [4.69, 9.17) is 0 Å². The fourth-order valence-electron chi connectivity index (χ4n) is 2.78. The number of aryl methyl sites for hydroxylation is 1. The number of nitriles is 1. The molecule has 1 fully saturated rings. The van der Waals surface area contributed by atoms with Gasteiger partial charge in [-0.2, -0.15) is 5.26 Å². The van der Waals surface area contributed by atoms with E-state index in [1.807, 2.05) is 13.0 Å². The third-order valence-corrected chi connectivity index (χ3v) is 4.29. The Kier molecular flexibility index (Phi) is 3.68. The molecule has 1 aromatic rings. The van der Waals surface area contributed by atoms with Crippen LogP contribution in [0.5, 0.6) is 0 Å². The number of nitrogens with zero attached hydrogens (tertiary/aromatic N) is 2. The third-order valence-electron chi connectivity index (χ3n) is 4.29. The van der Waals surface area contributed by atoms with E-state index >= 15 is 0 Å². The Hall–Kier alpha value is -1.40. The molecule has 3 nitrogen and oxygen atoms in total. The minimum absolute atomic E-state index is 0.625. The van der Waals surface area contributed by atoms with E-state index in [0.29, 0.717) is 5.92 Å². The van der Waals surface area contributed by atoms with E-state index in [0.717, 1.165) is 36.8 Å². The van der Waals surface area contributed by atoms with Crippen molar-refractivity contribution in [2.75, 3.05) is 0 Å². The summed E-state index contributed by atoms with van der Waals surface area (Å²) in [6.45, 7) is 4.17. The monoisotopic (exact) mass is 244 g/mol. The highest BCUT2D eigenvalue weighted by atomic mass is 16.3. The average Bonchev–Trinajstić information content (AvgIpc) is 2.40. The van der Waals surface area contributed by atoms with Gasteiger partial charge in [0.2, 0.25) is 0 Å². The first kappa shape index (κ1) is 13.0. The Morgan fingerprint density at radius 3 is 2.72 bits per heavy atom. The number of hydrogen-bond donors (Lipinski definition) is 1. The van der Waals surface area contributed by atoms with Gasteiger partial charge >= 0.3 is 0 Å². The maximum Gasteiger partial charge on any atom is 0.0993 e. The standard InChI is InChI=1S/C15H20N2O/c1-11-3-6-15(10-16,7-4-11)14(18)13-9-17-8-5-12(13)2/h5,8-9,11,14,18H,3-4,6-7H2,1-2H3. The van der Waals surface area contributed by atoms with E-state index < -0.39 is 11.5 Å². The second-order valence-corrected chi connectivity index (χ2v) is 5.59. The Bertz CT molecular complexity index is 456. The van der Waals surface area contributed by atoms with Crippen molar-refractivity contribution in [1.29, 1.82) is 5.26 Å². The molecule has 0 saturated heterocycles. The molecule has 2 rings (SSSR count). The first-order valence-electron chi connectivity index (χ1n) is 6.59. The summed E-state index contributed by atoms with van der Waals surface area (Å²) in [6.07, 6.45) is 6.28.